The molecule has 2 aromatic rings. The van der Waals surface area contributed by atoms with Crippen LogP contribution in [0, 0.1) is 0 Å². The van der Waals surface area contributed by atoms with Crippen molar-refractivity contribution in [3.05, 3.63) is 62.6 Å². The van der Waals surface area contributed by atoms with Crippen LogP contribution < -0.4 is 20.9 Å². The standard InChI is InChI=1S/C29H36N5O6S/c1-4-6-24(41(38)39)32-34(11-9-30-10-12-34)26-18-13-17(3)7-8-22(18)31-25-19(26)15-33-23(25)14-21-20(27(33)35)16-40-28(36)29(21,37)5-2/h7-8,14,24,30,32,37,41H,3-6,9-13,15-16H2,1-2H3/q+1. The van der Waals surface area contributed by atoms with Gasteiger partial charge in [0.15, 0.2) is 27.4 Å². The molecule has 218 valence electrons. The van der Waals surface area contributed by atoms with Crippen LogP contribution >= 0.6 is 0 Å². The third-order valence-corrected chi connectivity index (χ3v) is 9.75. The number of pyridine rings is 2. The average molecular weight is 583 g/mol. The summed E-state index contributed by atoms with van der Waals surface area (Å²) in [5.41, 5.74) is 7.34. The van der Waals surface area contributed by atoms with Gasteiger partial charge in [-0.2, -0.15) is 0 Å². The van der Waals surface area contributed by atoms with Gasteiger partial charge in [0.2, 0.25) is 0 Å². The van der Waals surface area contributed by atoms with E-state index in [0.29, 0.717) is 56.8 Å². The number of nitrogens with one attached hydrogen (secondary N) is 2. The van der Waals surface area contributed by atoms with Gasteiger partial charge in [0.1, 0.15) is 19.7 Å². The Morgan fingerprint density at radius 1 is 1.22 bits per heavy atom. The van der Waals surface area contributed by atoms with Crippen molar-refractivity contribution in [3.8, 4) is 11.4 Å². The molecule has 4 aliphatic rings. The monoisotopic (exact) mass is 582 g/mol. The lowest BCUT2D eigenvalue weighted by molar-refractivity contribution is -0.172. The molecule has 1 aliphatic carbocycles. The normalized spacial score (nSPS) is 23.0. The molecule has 0 aromatic carbocycles. The first kappa shape index (κ1) is 28.0. The molecule has 2 unspecified atom stereocenters. The molecule has 11 nitrogen and oxygen atoms in total. The van der Waals surface area contributed by atoms with Crippen molar-refractivity contribution in [3.63, 3.8) is 0 Å². The first-order valence-corrected chi connectivity index (χ1v) is 15.5. The number of cyclic esters (lactones) is 1. The molecule has 3 N–H and O–H groups in total. The first-order chi connectivity index (χ1) is 19.6. The van der Waals surface area contributed by atoms with Crippen LogP contribution in [0.5, 0.6) is 0 Å². The van der Waals surface area contributed by atoms with Crippen molar-refractivity contribution in [1.29, 1.82) is 0 Å². The van der Waals surface area contributed by atoms with Crippen LogP contribution in [0.2, 0.25) is 0 Å². The summed E-state index contributed by atoms with van der Waals surface area (Å²) in [5, 5.41) is 14.0. The summed E-state index contributed by atoms with van der Waals surface area (Å²) >= 11 is 0. The molecule has 6 rings (SSSR count). The Bertz CT molecular complexity index is 1630. The summed E-state index contributed by atoms with van der Waals surface area (Å²) in [6, 6.07) is 1.71. The molecule has 2 aromatic heterocycles. The van der Waals surface area contributed by atoms with E-state index in [-0.39, 0.29) is 40.9 Å². The highest BCUT2D eigenvalue weighted by molar-refractivity contribution is 7.73. The van der Waals surface area contributed by atoms with E-state index in [4.69, 9.17) is 9.72 Å². The number of hydrogen-bond donors (Lipinski definition) is 4. The van der Waals surface area contributed by atoms with Crippen molar-refractivity contribution in [2.24, 2.45) is 0 Å². The molecule has 5 heterocycles. The van der Waals surface area contributed by atoms with E-state index in [1.54, 1.807) is 17.6 Å². The quantitative estimate of drug-likeness (QED) is 0.184. The number of thiol groups is 1. The van der Waals surface area contributed by atoms with Crippen molar-refractivity contribution < 1.29 is 23.1 Å². The fourth-order valence-corrected chi connectivity index (χ4v) is 7.51. The Labute approximate surface area is 240 Å². The number of piperazine rings is 1. The third-order valence-electron chi connectivity index (χ3n) is 8.86. The second kappa shape index (κ2) is 10.3. The number of hydrogen-bond acceptors (Lipinski definition) is 9. The van der Waals surface area contributed by atoms with Crippen LogP contribution in [0.4, 0.5) is 5.69 Å². The molecule has 2 atom stereocenters. The van der Waals surface area contributed by atoms with E-state index in [0.717, 1.165) is 28.1 Å². The van der Waals surface area contributed by atoms with Gasteiger partial charge in [-0.15, -0.1) is 5.43 Å². The summed E-state index contributed by atoms with van der Waals surface area (Å²) in [7, 11) is -2.74. The van der Waals surface area contributed by atoms with Crippen LogP contribution in [-0.2, 0) is 45.4 Å². The molecule has 0 saturated carbocycles. The largest absolute Gasteiger partial charge is 0.458 e. The number of fused-ring (bicyclic) bond motifs is 5. The van der Waals surface area contributed by atoms with E-state index in [9.17, 15) is 23.1 Å². The van der Waals surface area contributed by atoms with Gasteiger partial charge in [-0.05, 0) is 25.0 Å². The second-order valence-electron chi connectivity index (χ2n) is 11.3. The maximum absolute atomic E-state index is 13.9. The van der Waals surface area contributed by atoms with Gasteiger partial charge in [0, 0.05) is 30.6 Å². The zero-order valence-electron chi connectivity index (χ0n) is 23.4. The van der Waals surface area contributed by atoms with Crippen molar-refractivity contribution >= 4 is 28.4 Å². The zero-order valence-corrected chi connectivity index (χ0v) is 24.3. The molecule has 12 heteroatoms. The molecule has 1 fully saturated rings. The van der Waals surface area contributed by atoms with Crippen LogP contribution in [0.25, 0.3) is 17.5 Å². The number of nitrogens with zero attached hydrogens (tertiary/aromatic N) is 3. The van der Waals surface area contributed by atoms with Gasteiger partial charge in [-0.3, -0.25) is 4.79 Å². The zero-order chi connectivity index (χ0) is 29.1. The van der Waals surface area contributed by atoms with Crippen molar-refractivity contribution in [2.75, 3.05) is 26.2 Å². The topological polar surface area (TPSA) is 140 Å². The molecule has 0 bridgehead atoms. The number of ether oxygens (including phenoxy) is 1. The number of rotatable bonds is 7. The first-order valence-electron chi connectivity index (χ1n) is 14.2. The van der Waals surface area contributed by atoms with E-state index >= 15 is 0 Å². The van der Waals surface area contributed by atoms with Crippen molar-refractivity contribution in [2.45, 2.75) is 63.7 Å². The summed E-state index contributed by atoms with van der Waals surface area (Å²) in [6.45, 7) is 10.4. The lowest BCUT2D eigenvalue weighted by atomic mass is 9.86. The summed E-state index contributed by atoms with van der Waals surface area (Å²) in [6.07, 6.45) is 5.64. The number of allylic oxidation sites excluding steroid dienone is 2. The maximum Gasteiger partial charge on any atom is 0.343 e. The van der Waals surface area contributed by atoms with E-state index in [1.165, 1.54) is 0 Å². The molecular formula is C29H36N5O6S+. The van der Waals surface area contributed by atoms with E-state index in [1.807, 2.05) is 19.1 Å². The van der Waals surface area contributed by atoms with Crippen molar-refractivity contribution in [1.82, 2.24) is 24.9 Å². The molecular weight excluding hydrogens is 546 g/mol. The smallest absolute Gasteiger partial charge is 0.343 e. The number of carbonyl (C=O) groups excluding carboxylic acids is 1. The van der Waals surface area contributed by atoms with Gasteiger partial charge in [-0.1, -0.05) is 38.5 Å². The van der Waals surface area contributed by atoms with Crippen LogP contribution in [0.1, 0.15) is 61.1 Å². The maximum atomic E-state index is 13.9. The minimum atomic E-state index is -2.74. The molecule has 41 heavy (non-hydrogen) atoms. The highest BCUT2D eigenvalue weighted by Crippen LogP contribution is 2.45. The molecule has 0 amide bonds. The van der Waals surface area contributed by atoms with Gasteiger partial charge in [0.25, 0.3) is 5.56 Å². The molecule has 0 radical (unpaired) electrons. The van der Waals surface area contributed by atoms with Crippen LogP contribution in [0.15, 0.2) is 29.1 Å². The molecule has 1 saturated heterocycles. The summed E-state index contributed by atoms with van der Waals surface area (Å²) in [5.74, 6) is -0.765. The Hall–Kier alpha value is -3.16. The number of esters is 1. The van der Waals surface area contributed by atoms with Gasteiger partial charge in [-0.25, -0.2) is 22.8 Å². The Balaban J connectivity index is 1.62. The number of aromatic nitrogens is 2. The van der Waals surface area contributed by atoms with Gasteiger partial charge < -0.3 is 19.7 Å². The highest BCUT2D eigenvalue weighted by atomic mass is 32.2. The highest BCUT2D eigenvalue weighted by Gasteiger charge is 2.48. The van der Waals surface area contributed by atoms with Crippen LogP contribution in [0.3, 0.4) is 0 Å². The fourth-order valence-electron chi connectivity index (χ4n) is 6.72. The summed E-state index contributed by atoms with van der Waals surface area (Å²) < 4.78 is 31.9. The van der Waals surface area contributed by atoms with Gasteiger partial charge in [0.05, 0.1) is 34.8 Å². The minimum Gasteiger partial charge on any atom is -0.458 e. The van der Waals surface area contributed by atoms with E-state index < -0.39 is 27.6 Å². The predicted molar refractivity (Wildman–Crippen MR) is 155 cm³/mol. The number of quaternary nitrogens is 1. The minimum absolute atomic E-state index is 0.0609. The molecule has 0 spiro atoms. The second-order valence-corrected chi connectivity index (χ2v) is 12.5. The number of carbonyl (C=O) groups is 1. The molecule has 3 aliphatic heterocycles. The Morgan fingerprint density at radius 3 is 2.66 bits per heavy atom. The fraction of sp³-hybridized carbons (Fsp3) is 0.483. The predicted octanol–water partition coefficient (Wildman–Crippen LogP) is 1.20. The lowest BCUT2D eigenvalue weighted by Crippen LogP contribution is -2.70. The average Bonchev–Trinajstić information content (AvgIpc) is 3.32. The SMILES string of the molecule is C=C1C=Cc2nc3c(c([N+]4(NC(CCC)[SH](=O)=O)CCNCC4)c2C1)Cn1c-3cc2c(c1=O)COC(=O)C2(O)CC. The summed E-state index contributed by atoms with van der Waals surface area (Å²) in [4.78, 5) is 31.5. The Morgan fingerprint density at radius 2 is 1.98 bits per heavy atom. The lowest BCUT2D eigenvalue weighted by Gasteiger charge is -2.44. The van der Waals surface area contributed by atoms with Gasteiger partial charge >= 0.3 is 5.97 Å². The Kier molecular flexibility index (Phi) is 7.02. The van der Waals surface area contributed by atoms with Crippen LogP contribution in [-0.4, -0.2) is 60.6 Å². The third kappa shape index (κ3) is 4.31. The number of aliphatic hydroxyl groups is 1. The van der Waals surface area contributed by atoms with E-state index in [2.05, 4.69) is 17.3 Å².